The van der Waals surface area contributed by atoms with Gasteiger partial charge in [-0.25, -0.2) is 4.57 Å². The highest BCUT2D eigenvalue weighted by molar-refractivity contribution is 5.87. The zero-order chi connectivity index (χ0) is 22.4. The molecule has 0 unspecified atom stereocenters. The van der Waals surface area contributed by atoms with Crippen molar-refractivity contribution in [3.63, 3.8) is 0 Å². The largest absolute Gasteiger partial charge is 0.497 e. The lowest BCUT2D eigenvalue weighted by Gasteiger charge is -2.03. The molecular formula is C21H26N5O5+. The summed E-state index contributed by atoms with van der Waals surface area (Å²) in [4.78, 5) is 42.2. The molecule has 0 atom stereocenters. The molecule has 0 fully saturated rings. The van der Waals surface area contributed by atoms with Crippen molar-refractivity contribution in [2.75, 3.05) is 19.0 Å². The van der Waals surface area contributed by atoms with E-state index in [1.54, 1.807) is 7.11 Å². The summed E-state index contributed by atoms with van der Waals surface area (Å²) in [5.74, 6) is 0.217. The minimum Gasteiger partial charge on any atom is -0.497 e. The topological polar surface area (TPSA) is 119 Å². The molecule has 0 aliphatic heterocycles. The van der Waals surface area contributed by atoms with Gasteiger partial charge in [-0.15, -0.1) is 0 Å². The van der Waals surface area contributed by atoms with Gasteiger partial charge in [0.2, 0.25) is 11.4 Å². The Morgan fingerprint density at radius 1 is 1.19 bits per heavy atom. The van der Waals surface area contributed by atoms with E-state index in [4.69, 9.17) is 9.47 Å². The van der Waals surface area contributed by atoms with Gasteiger partial charge in [-0.3, -0.25) is 29.3 Å². The maximum atomic E-state index is 12.8. The second-order valence-corrected chi connectivity index (χ2v) is 7.10. The lowest BCUT2D eigenvalue weighted by molar-refractivity contribution is -0.674. The van der Waals surface area contributed by atoms with Gasteiger partial charge in [0.25, 0.3) is 11.5 Å². The summed E-state index contributed by atoms with van der Waals surface area (Å²) in [5, 5.41) is 2.53. The number of ether oxygens (including phenoxy) is 2. The van der Waals surface area contributed by atoms with Gasteiger partial charge < -0.3 is 9.47 Å². The Morgan fingerprint density at radius 3 is 2.58 bits per heavy atom. The fraction of sp³-hybridized carbons (Fsp3) is 0.381. The second kappa shape index (κ2) is 9.88. The molecule has 3 aromatic rings. The van der Waals surface area contributed by atoms with Crippen molar-refractivity contribution in [2.24, 2.45) is 0 Å². The Morgan fingerprint density at radius 2 is 1.94 bits per heavy atom. The summed E-state index contributed by atoms with van der Waals surface area (Å²) in [6, 6.07) is 7.59. The smallest absolute Gasteiger partial charge is 0.311 e. The summed E-state index contributed by atoms with van der Waals surface area (Å²) in [6.45, 7) is 4.10. The van der Waals surface area contributed by atoms with Crippen LogP contribution in [0.25, 0.3) is 11.2 Å². The first-order valence-corrected chi connectivity index (χ1v) is 9.94. The number of methoxy groups -OCH3 is 1. The molecule has 0 saturated heterocycles. The number of nitrogens with one attached hydrogen (secondary N) is 2. The standard InChI is InChI=1S/C21H25N5O5/c1-14(27)22-21-23-19-18(20(29)24-21)26(12-16-6-8-17(30-3)9-7-16)13-25(19)10-4-5-11-31-15(2)28/h6-9,13H,4-5,10-12H2,1-3H3,(H-,22,23,24,27,29)/p+1. The minimum atomic E-state index is -0.346. The number of rotatable bonds is 9. The summed E-state index contributed by atoms with van der Waals surface area (Å²) in [5.41, 5.74) is 1.52. The molecule has 0 aliphatic carbocycles. The summed E-state index contributed by atoms with van der Waals surface area (Å²) < 4.78 is 13.9. The van der Waals surface area contributed by atoms with Crippen molar-refractivity contribution >= 4 is 29.0 Å². The highest BCUT2D eigenvalue weighted by atomic mass is 16.5. The van der Waals surface area contributed by atoms with E-state index >= 15 is 0 Å². The summed E-state index contributed by atoms with van der Waals surface area (Å²) in [7, 11) is 1.61. The molecule has 2 aromatic heterocycles. The molecule has 0 aliphatic rings. The normalized spacial score (nSPS) is 10.8. The number of imidazole rings is 1. The molecule has 164 valence electrons. The van der Waals surface area contributed by atoms with Gasteiger partial charge >= 0.3 is 11.6 Å². The van der Waals surface area contributed by atoms with Crippen LogP contribution in [-0.2, 0) is 27.4 Å². The van der Waals surface area contributed by atoms with Crippen LogP contribution in [0, 0.1) is 0 Å². The molecule has 10 heteroatoms. The number of carbonyl (C=O) groups is 2. The Balaban J connectivity index is 1.91. The number of amides is 1. The molecule has 1 amide bonds. The third-order valence-corrected chi connectivity index (χ3v) is 4.62. The van der Waals surface area contributed by atoms with Crippen molar-refractivity contribution in [3.05, 3.63) is 46.5 Å². The molecule has 1 aromatic carbocycles. The van der Waals surface area contributed by atoms with Crippen LogP contribution in [0.3, 0.4) is 0 Å². The lowest BCUT2D eigenvalue weighted by atomic mass is 10.2. The quantitative estimate of drug-likeness (QED) is 0.302. The maximum absolute atomic E-state index is 12.8. The highest BCUT2D eigenvalue weighted by Gasteiger charge is 2.22. The molecule has 2 N–H and O–H groups in total. The zero-order valence-corrected chi connectivity index (χ0v) is 17.8. The molecular weight excluding hydrogens is 402 g/mol. The maximum Gasteiger partial charge on any atom is 0.311 e. The number of esters is 1. The monoisotopic (exact) mass is 428 g/mol. The SMILES string of the molecule is COc1ccc(Cn2c[n+](CCCCOC(C)=O)c3nc(NC(C)=O)[nH]c(=O)c32)cc1. The number of unbranched alkanes of at least 4 members (excludes halogenated alkanes) is 1. The fourth-order valence-corrected chi connectivity index (χ4v) is 3.23. The average Bonchev–Trinajstić information content (AvgIpc) is 3.05. The van der Waals surface area contributed by atoms with Crippen LogP contribution < -0.4 is 20.2 Å². The lowest BCUT2D eigenvalue weighted by Crippen LogP contribution is -2.34. The van der Waals surface area contributed by atoms with E-state index in [1.807, 2.05) is 39.7 Å². The number of H-pyrrole nitrogens is 1. The molecule has 31 heavy (non-hydrogen) atoms. The molecule has 3 rings (SSSR count). The van der Waals surface area contributed by atoms with E-state index in [0.29, 0.717) is 37.3 Å². The van der Waals surface area contributed by atoms with Crippen molar-refractivity contribution < 1.29 is 23.6 Å². The third kappa shape index (κ3) is 5.68. The highest BCUT2D eigenvalue weighted by Crippen LogP contribution is 2.14. The summed E-state index contributed by atoms with van der Waals surface area (Å²) in [6.07, 6.45) is 3.24. The van der Waals surface area contributed by atoms with Crippen molar-refractivity contribution in [2.45, 2.75) is 39.8 Å². The third-order valence-electron chi connectivity index (χ3n) is 4.62. The minimum absolute atomic E-state index is 0.0980. The number of aryl methyl sites for hydroxylation is 1. The first-order chi connectivity index (χ1) is 14.9. The fourth-order valence-electron chi connectivity index (χ4n) is 3.23. The number of fused-ring (bicyclic) bond motifs is 1. The van der Waals surface area contributed by atoms with Crippen LogP contribution in [0.1, 0.15) is 32.3 Å². The van der Waals surface area contributed by atoms with Crippen LogP contribution >= 0.6 is 0 Å². The number of aromatic nitrogens is 4. The number of anilines is 1. The van der Waals surface area contributed by atoms with Gasteiger partial charge in [-0.05, 0) is 30.5 Å². The number of nitrogens with zero attached hydrogens (tertiary/aromatic N) is 3. The molecule has 2 heterocycles. The van der Waals surface area contributed by atoms with Crippen LogP contribution in [0.5, 0.6) is 5.75 Å². The van der Waals surface area contributed by atoms with Crippen LogP contribution in [0.4, 0.5) is 5.95 Å². The predicted molar refractivity (Wildman–Crippen MR) is 113 cm³/mol. The van der Waals surface area contributed by atoms with Gasteiger partial charge in [0, 0.05) is 13.8 Å². The first-order valence-electron chi connectivity index (χ1n) is 9.94. The predicted octanol–water partition coefficient (Wildman–Crippen LogP) is 1.37. The molecule has 0 radical (unpaired) electrons. The Labute approximate surface area is 178 Å². The molecule has 0 bridgehead atoms. The van der Waals surface area contributed by atoms with E-state index in [2.05, 4.69) is 15.3 Å². The number of hydrogen-bond acceptors (Lipinski definition) is 6. The van der Waals surface area contributed by atoms with Crippen molar-refractivity contribution in [1.82, 2.24) is 14.5 Å². The molecule has 10 nitrogen and oxygen atoms in total. The molecule has 0 spiro atoms. The van der Waals surface area contributed by atoms with Gasteiger partial charge in [0.1, 0.15) is 5.75 Å². The van der Waals surface area contributed by atoms with E-state index in [1.165, 1.54) is 13.8 Å². The Kier molecular flexibility index (Phi) is 7.01. The number of hydrogen-bond donors (Lipinski definition) is 2. The second-order valence-electron chi connectivity index (χ2n) is 7.10. The van der Waals surface area contributed by atoms with E-state index in [9.17, 15) is 14.4 Å². The number of aromatic amines is 1. The Hall–Kier alpha value is -3.69. The van der Waals surface area contributed by atoms with Gasteiger partial charge in [-0.2, -0.15) is 0 Å². The first kappa shape index (κ1) is 22.0. The van der Waals surface area contributed by atoms with Crippen molar-refractivity contribution in [3.8, 4) is 5.75 Å². The van der Waals surface area contributed by atoms with E-state index in [0.717, 1.165) is 17.7 Å². The number of carbonyl (C=O) groups excluding carboxylic acids is 2. The van der Waals surface area contributed by atoms with Crippen LogP contribution in [-0.4, -0.2) is 40.1 Å². The zero-order valence-electron chi connectivity index (χ0n) is 17.8. The Bertz CT molecular complexity index is 1130. The van der Waals surface area contributed by atoms with Crippen LogP contribution in [0.15, 0.2) is 35.4 Å². The van der Waals surface area contributed by atoms with Crippen LogP contribution in [0.2, 0.25) is 0 Å². The van der Waals surface area contributed by atoms with Gasteiger partial charge in [0.05, 0.1) is 26.8 Å². The average molecular weight is 428 g/mol. The van der Waals surface area contributed by atoms with E-state index < -0.39 is 0 Å². The number of benzene rings is 1. The summed E-state index contributed by atoms with van der Waals surface area (Å²) >= 11 is 0. The molecule has 0 saturated carbocycles. The van der Waals surface area contributed by atoms with Gasteiger partial charge in [-0.1, -0.05) is 17.1 Å². The van der Waals surface area contributed by atoms with Gasteiger partial charge in [0.15, 0.2) is 6.33 Å². The van der Waals surface area contributed by atoms with E-state index in [-0.39, 0.29) is 23.4 Å². The van der Waals surface area contributed by atoms with Crippen molar-refractivity contribution in [1.29, 1.82) is 0 Å².